The monoisotopic (exact) mass is 748 g/mol. The van der Waals surface area contributed by atoms with E-state index >= 15 is 0 Å². The van der Waals surface area contributed by atoms with E-state index in [2.05, 4.69) is 141 Å². The number of allylic oxidation sites excluding steroid dienone is 4. The zero-order valence-corrected chi connectivity index (χ0v) is 33.7. The van der Waals surface area contributed by atoms with Crippen LogP contribution in [0.15, 0.2) is 88.2 Å². The number of aryl methyl sites for hydroxylation is 2. The van der Waals surface area contributed by atoms with Gasteiger partial charge in [-0.2, -0.15) is 0 Å². The van der Waals surface area contributed by atoms with E-state index in [1.807, 2.05) is 6.07 Å². The molecule has 46 heavy (non-hydrogen) atoms. The average molecular weight is 751 g/mol. The number of hydrogen-bond donors (Lipinski definition) is 0. The topological polar surface area (TPSA) is 0 Å². The molecule has 0 atom stereocenters. The molecule has 0 unspecified atom stereocenters. The van der Waals surface area contributed by atoms with Gasteiger partial charge in [0.1, 0.15) is 0 Å². The van der Waals surface area contributed by atoms with E-state index in [9.17, 15) is 0 Å². The number of hydrogen-bond acceptors (Lipinski definition) is 0. The van der Waals surface area contributed by atoms with Crippen molar-refractivity contribution in [3.8, 4) is 11.1 Å². The second-order valence-electron chi connectivity index (χ2n) is 15.6. The Morgan fingerprint density at radius 1 is 0.739 bits per heavy atom. The van der Waals surface area contributed by atoms with Crippen LogP contribution in [0.5, 0.6) is 0 Å². The van der Waals surface area contributed by atoms with Crippen LogP contribution in [0.4, 0.5) is 0 Å². The van der Waals surface area contributed by atoms with Gasteiger partial charge in [-0.05, 0) is 0 Å². The molecule has 0 saturated heterocycles. The molecular formula is C42H49Cl3Zr. The van der Waals surface area contributed by atoms with Gasteiger partial charge in [0.15, 0.2) is 0 Å². The van der Waals surface area contributed by atoms with Crippen LogP contribution in [0.2, 0.25) is 5.02 Å². The third-order valence-electron chi connectivity index (χ3n) is 10.6. The van der Waals surface area contributed by atoms with Gasteiger partial charge in [-0.3, -0.25) is 0 Å². The van der Waals surface area contributed by atoms with Crippen LogP contribution in [0.3, 0.4) is 0 Å². The van der Waals surface area contributed by atoms with E-state index in [1.54, 1.807) is 0 Å². The summed E-state index contributed by atoms with van der Waals surface area (Å²) in [6.07, 6.45) is 8.83. The summed E-state index contributed by atoms with van der Waals surface area (Å²) < 4.78 is 11.4. The Morgan fingerprint density at radius 2 is 1.37 bits per heavy atom. The fourth-order valence-electron chi connectivity index (χ4n) is 8.54. The molecule has 0 radical (unpaired) electrons. The Labute approximate surface area is 295 Å². The Balaban J connectivity index is 0.00000240. The molecule has 0 N–H and O–H groups in total. The number of benzene rings is 4. The van der Waals surface area contributed by atoms with E-state index < -0.39 is 18.3 Å². The summed E-state index contributed by atoms with van der Waals surface area (Å²) in [4.78, 5) is 0. The molecule has 0 aromatic heterocycles. The molecule has 242 valence electrons. The maximum absolute atomic E-state index is 6.90. The van der Waals surface area contributed by atoms with Crippen molar-refractivity contribution < 1.29 is 18.3 Å². The molecule has 0 fully saturated rings. The predicted molar refractivity (Wildman–Crippen MR) is 207 cm³/mol. The molecular weight excluding hydrogens is 702 g/mol. The van der Waals surface area contributed by atoms with Crippen LogP contribution in [0.1, 0.15) is 86.9 Å². The van der Waals surface area contributed by atoms with Crippen LogP contribution in [0, 0.1) is 20.8 Å². The molecule has 0 bridgehead atoms. The minimum atomic E-state index is -4.90. The summed E-state index contributed by atoms with van der Waals surface area (Å²) in [7, 11) is 0. The van der Waals surface area contributed by atoms with Gasteiger partial charge in [0, 0.05) is 0 Å². The van der Waals surface area contributed by atoms with Crippen LogP contribution in [-0.4, -0.2) is 4.21 Å². The van der Waals surface area contributed by atoms with Crippen molar-refractivity contribution in [1.82, 2.24) is 0 Å². The van der Waals surface area contributed by atoms with Crippen LogP contribution in [0.25, 0.3) is 11.1 Å². The Kier molecular flexibility index (Phi) is 9.97. The molecule has 4 aromatic rings. The fraction of sp³-hybridized carbons (Fsp3) is 0.310. The Morgan fingerprint density at radius 3 is 1.93 bits per heavy atom. The van der Waals surface area contributed by atoms with Gasteiger partial charge in [0.2, 0.25) is 0 Å². The number of halogens is 3. The van der Waals surface area contributed by atoms with Crippen molar-refractivity contribution >= 4 is 50.4 Å². The quantitative estimate of drug-likeness (QED) is 0.172. The Bertz CT molecular complexity index is 1960. The van der Waals surface area contributed by atoms with Crippen molar-refractivity contribution in [3.05, 3.63) is 132 Å². The molecule has 6 rings (SSSR count). The van der Waals surface area contributed by atoms with Crippen molar-refractivity contribution in [2.24, 2.45) is 0 Å². The molecule has 0 amide bonds. The summed E-state index contributed by atoms with van der Waals surface area (Å²) in [5.74, 6) is 0. The van der Waals surface area contributed by atoms with Crippen molar-refractivity contribution in [3.63, 3.8) is 0 Å². The standard InChI is InChI=1S/C23H29.C7H7.C6H4Cl.C5H5.CH2.2ClH.Zr/c1-14-9-16-11-17-10-15(2)21(23(6,7)8)13-19(17)18(16)12-20(14)22(3,4)5;1-7-5-3-2-4-6-7;7-6-4-2-1-3-5-6;1-2-4-5-3-1;;;;/h9,12-13H,11H2,1-8H3;3-6H,1H3;1-2,4-5H;1-3H,4H2;1H2;2*1H;. The van der Waals surface area contributed by atoms with Crippen molar-refractivity contribution in [2.45, 2.75) is 86.0 Å². The van der Waals surface area contributed by atoms with Gasteiger partial charge in [0.25, 0.3) is 0 Å². The molecule has 2 aliphatic rings. The summed E-state index contributed by atoms with van der Waals surface area (Å²) in [5.41, 5.74) is 12.7. The van der Waals surface area contributed by atoms with E-state index in [4.69, 9.17) is 15.8 Å². The first-order valence-corrected chi connectivity index (χ1v) is 23.1. The van der Waals surface area contributed by atoms with Gasteiger partial charge in [-0.15, -0.1) is 24.8 Å². The van der Waals surface area contributed by atoms with Gasteiger partial charge in [-0.25, -0.2) is 0 Å². The van der Waals surface area contributed by atoms with Gasteiger partial charge < -0.3 is 0 Å². The molecule has 0 saturated carbocycles. The third-order valence-corrected chi connectivity index (χ3v) is 27.5. The van der Waals surface area contributed by atoms with E-state index in [0.29, 0.717) is 0 Å². The first-order valence-electron chi connectivity index (χ1n) is 16.1. The minimum absolute atomic E-state index is 0. The molecule has 2 aliphatic carbocycles. The number of rotatable bonds is 4. The zero-order valence-electron chi connectivity index (χ0n) is 28.9. The maximum atomic E-state index is 6.90. The Hall–Kier alpha value is -2.02. The van der Waals surface area contributed by atoms with Crippen molar-refractivity contribution in [1.29, 1.82) is 0 Å². The van der Waals surface area contributed by atoms with Crippen LogP contribution >= 0.6 is 36.4 Å². The van der Waals surface area contributed by atoms with E-state index in [0.717, 1.165) is 17.9 Å². The summed E-state index contributed by atoms with van der Waals surface area (Å²) in [6, 6.07) is 25.6. The first kappa shape index (κ1) is 36.8. The van der Waals surface area contributed by atoms with Crippen LogP contribution < -0.4 is 9.81 Å². The molecule has 4 heteroatoms. The SMILES string of the molecule is Cl.Cl.[CH2]=[Zr]([C]1=CC=CC1)([c]1ccc(C)cc1)([c]1cccc(Cl)c1)[c]1c(C)c(C(C)(C)C)cc2c1Cc1cc(C)c(C(C)(C)C)cc1-2. The normalized spacial score (nSPS) is 14.3. The van der Waals surface area contributed by atoms with E-state index in [-0.39, 0.29) is 35.6 Å². The van der Waals surface area contributed by atoms with Gasteiger partial charge in [0.05, 0.1) is 0 Å². The third kappa shape index (κ3) is 5.52. The average Bonchev–Trinajstić information content (AvgIpc) is 3.60. The molecule has 4 aromatic carbocycles. The fourth-order valence-corrected chi connectivity index (χ4v) is 25.4. The van der Waals surface area contributed by atoms with E-state index in [1.165, 1.54) is 63.2 Å². The molecule has 0 spiro atoms. The second-order valence-corrected chi connectivity index (χ2v) is 28.9. The zero-order chi connectivity index (χ0) is 31.8. The summed E-state index contributed by atoms with van der Waals surface area (Å²) in [6.45, 7) is 21.0. The molecule has 0 nitrogen and oxygen atoms in total. The van der Waals surface area contributed by atoms with Gasteiger partial charge >= 0.3 is 273 Å². The first-order chi connectivity index (χ1) is 20.5. The summed E-state index contributed by atoms with van der Waals surface area (Å²) >= 11 is 2.00. The number of fused-ring (bicyclic) bond motifs is 3. The molecule has 0 heterocycles. The second kappa shape index (κ2) is 12.5. The summed E-state index contributed by atoms with van der Waals surface area (Å²) in [5, 5.41) is 0.778. The van der Waals surface area contributed by atoms with Crippen molar-refractivity contribution in [2.75, 3.05) is 0 Å². The van der Waals surface area contributed by atoms with Crippen LogP contribution in [-0.2, 0) is 35.5 Å². The predicted octanol–water partition coefficient (Wildman–Crippen LogP) is 10.5. The van der Waals surface area contributed by atoms with Gasteiger partial charge in [-0.1, -0.05) is 0 Å². The molecule has 0 aliphatic heterocycles.